The zero-order chi connectivity index (χ0) is 14.3. The third-order valence-electron chi connectivity index (χ3n) is 2.87. The first kappa shape index (κ1) is 15.0. The fourth-order valence-corrected chi connectivity index (χ4v) is 1.75. The Bertz CT molecular complexity index is 442. The first-order chi connectivity index (χ1) is 9.11. The molecule has 0 N–H and O–H groups in total. The second kappa shape index (κ2) is 7.36. The number of hydrogen-bond donors (Lipinski definition) is 0. The average molecular weight is 261 g/mol. The van der Waals surface area contributed by atoms with E-state index in [2.05, 4.69) is 6.58 Å². The van der Waals surface area contributed by atoms with Gasteiger partial charge in [0.25, 0.3) is 5.91 Å². The van der Waals surface area contributed by atoms with Gasteiger partial charge in [0, 0.05) is 12.1 Å². The van der Waals surface area contributed by atoms with E-state index in [4.69, 9.17) is 4.74 Å². The smallest absolute Gasteiger partial charge is 0.328 e. The predicted molar refractivity (Wildman–Crippen MR) is 73.8 cm³/mol. The molecule has 0 aliphatic rings. The first-order valence-corrected chi connectivity index (χ1v) is 6.16. The zero-order valence-electron chi connectivity index (χ0n) is 11.3. The molecule has 4 nitrogen and oxygen atoms in total. The van der Waals surface area contributed by atoms with Gasteiger partial charge in [-0.25, -0.2) is 4.79 Å². The highest BCUT2D eigenvalue weighted by Crippen LogP contribution is 2.10. The molecule has 0 radical (unpaired) electrons. The maximum absolute atomic E-state index is 12.4. The molecule has 0 heterocycles. The minimum atomic E-state index is -0.613. The minimum absolute atomic E-state index is 0.180. The highest BCUT2D eigenvalue weighted by Gasteiger charge is 2.26. The molecule has 0 fully saturated rings. The highest BCUT2D eigenvalue weighted by molar-refractivity contribution is 5.96. The molecule has 4 heteroatoms. The molecule has 0 bridgehead atoms. The lowest BCUT2D eigenvalue weighted by Gasteiger charge is -2.27. The lowest BCUT2D eigenvalue weighted by Crippen LogP contribution is -2.44. The molecule has 0 spiro atoms. The van der Waals surface area contributed by atoms with Gasteiger partial charge in [0.15, 0.2) is 0 Å². The van der Waals surface area contributed by atoms with E-state index in [0.29, 0.717) is 18.5 Å². The van der Waals surface area contributed by atoms with E-state index >= 15 is 0 Å². The van der Waals surface area contributed by atoms with Gasteiger partial charge in [0.1, 0.15) is 6.04 Å². The Morgan fingerprint density at radius 3 is 2.53 bits per heavy atom. The van der Waals surface area contributed by atoms with Gasteiger partial charge in [-0.1, -0.05) is 24.3 Å². The number of methoxy groups -OCH3 is 1. The summed E-state index contributed by atoms with van der Waals surface area (Å²) in [5.41, 5.74) is 0.558. The molecular weight excluding hydrogens is 242 g/mol. The van der Waals surface area contributed by atoms with E-state index in [9.17, 15) is 9.59 Å². The molecule has 0 saturated carbocycles. The van der Waals surface area contributed by atoms with Crippen LogP contribution in [0.3, 0.4) is 0 Å². The van der Waals surface area contributed by atoms with Crippen molar-refractivity contribution in [3.8, 4) is 0 Å². The monoisotopic (exact) mass is 261 g/mol. The quantitative estimate of drug-likeness (QED) is 0.583. The van der Waals surface area contributed by atoms with Crippen LogP contribution in [0.4, 0.5) is 0 Å². The van der Waals surface area contributed by atoms with E-state index in [1.54, 1.807) is 37.3 Å². The maximum atomic E-state index is 12.4. The second-order valence-corrected chi connectivity index (χ2v) is 4.14. The third kappa shape index (κ3) is 3.95. The lowest BCUT2D eigenvalue weighted by atomic mass is 10.1. The molecule has 0 aliphatic heterocycles. The summed E-state index contributed by atoms with van der Waals surface area (Å²) >= 11 is 0. The number of carbonyl (C=O) groups is 2. The average Bonchev–Trinajstić information content (AvgIpc) is 2.47. The summed E-state index contributed by atoms with van der Waals surface area (Å²) in [5, 5.41) is 0. The summed E-state index contributed by atoms with van der Waals surface area (Å²) < 4.78 is 4.70. The second-order valence-electron chi connectivity index (χ2n) is 4.14. The fraction of sp³-hybridized carbons (Fsp3) is 0.333. The van der Waals surface area contributed by atoms with Crippen LogP contribution < -0.4 is 0 Å². The molecule has 1 aromatic carbocycles. The SMILES string of the molecule is C=CCCN(C(=O)c1ccccc1)C(C)C(=O)OC. The molecule has 0 saturated heterocycles. The van der Waals surface area contributed by atoms with Gasteiger partial charge >= 0.3 is 5.97 Å². The molecule has 1 unspecified atom stereocenters. The number of benzene rings is 1. The van der Waals surface area contributed by atoms with Crippen molar-refractivity contribution in [1.82, 2.24) is 4.90 Å². The molecule has 1 atom stereocenters. The third-order valence-corrected chi connectivity index (χ3v) is 2.87. The number of hydrogen-bond acceptors (Lipinski definition) is 3. The standard InChI is InChI=1S/C15H19NO3/c1-4-5-11-16(12(2)15(18)19-3)14(17)13-9-7-6-8-10-13/h4,6-10,12H,1,5,11H2,2-3H3. The highest BCUT2D eigenvalue weighted by atomic mass is 16.5. The van der Waals surface area contributed by atoms with Crippen LogP contribution in [0.15, 0.2) is 43.0 Å². The van der Waals surface area contributed by atoms with Gasteiger partial charge in [-0.2, -0.15) is 0 Å². The number of ether oxygens (including phenoxy) is 1. The first-order valence-electron chi connectivity index (χ1n) is 6.16. The molecule has 0 aliphatic carbocycles. The topological polar surface area (TPSA) is 46.6 Å². The summed E-state index contributed by atoms with van der Waals surface area (Å²) in [4.78, 5) is 25.5. The number of amides is 1. The van der Waals surface area contributed by atoms with E-state index in [0.717, 1.165) is 0 Å². The van der Waals surface area contributed by atoms with Crippen LogP contribution in [0.2, 0.25) is 0 Å². The summed E-state index contributed by atoms with van der Waals surface area (Å²) in [6.07, 6.45) is 2.34. The Balaban J connectivity index is 2.93. The number of nitrogens with zero attached hydrogens (tertiary/aromatic N) is 1. The van der Waals surface area contributed by atoms with E-state index < -0.39 is 12.0 Å². The maximum Gasteiger partial charge on any atom is 0.328 e. The number of carbonyl (C=O) groups excluding carboxylic acids is 2. The van der Waals surface area contributed by atoms with Crippen molar-refractivity contribution in [3.63, 3.8) is 0 Å². The van der Waals surface area contributed by atoms with Gasteiger partial charge in [-0.05, 0) is 25.5 Å². The van der Waals surface area contributed by atoms with Gasteiger partial charge in [-0.3, -0.25) is 4.79 Å². The molecule has 1 amide bonds. The lowest BCUT2D eigenvalue weighted by molar-refractivity contribution is -0.145. The van der Waals surface area contributed by atoms with Crippen molar-refractivity contribution in [1.29, 1.82) is 0 Å². The van der Waals surface area contributed by atoms with E-state index in [1.807, 2.05) is 6.07 Å². The van der Waals surface area contributed by atoms with Crippen molar-refractivity contribution in [3.05, 3.63) is 48.6 Å². The van der Waals surface area contributed by atoms with Crippen LogP contribution >= 0.6 is 0 Å². The summed E-state index contributed by atoms with van der Waals surface area (Å²) in [6, 6.07) is 8.27. The van der Waals surface area contributed by atoms with Crippen LogP contribution in [0, 0.1) is 0 Å². The van der Waals surface area contributed by atoms with Crippen LogP contribution in [0.1, 0.15) is 23.7 Å². The van der Waals surface area contributed by atoms with Gasteiger partial charge in [0.2, 0.25) is 0 Å². The molecule has 19 heavy (non-hydrogen) atoms. The Hall–Kier alpha value is -2.10. The number of rotatable bonds is 6. The Kier molecular flexibility index (Phi) is 5.79. The molecular formula is C15H19NO3. The predicted octanol–water partition coefficient (Wildman–Crippen LogP) is 2.27. The van der Waals surface area contributed by atoms with Crippen molar-refractivity contribution < 1.29 is 14.3 Å². The van der Waals surface area contributed by atoms with Gasteiger partial charge in [0.05, 0.1) is 7.11 Å². The van der Waals surface area contributed by atoms with Crippen LogP contribution in [0.5, 0.6) is 0 Å². The summed E-state index contributed by atoms with van der Waals surface area (Å²) in [6.45, 7) is 5.74. The molecule has 0 aromatic heterocycles. The Labute approximate surface area is 113 Å². The van der Waals surface area contributed by atoms with Crippen LogP contribution in [0.25, 0.3) is 0 Å². The molecule has 1 aromatic rings. The van der Waals surface area contributed by atoms with Gasteiger partial charge < -0.3 is 9.64 Å². The molecule has 1 rings (SSSR count). The zero-order valence-corrected chi connectivity index (χ0v) is 11.3. The van der Waals surface area contributed by atoms with E-state index in [1.165, 1.54) is 12.0 Å². The minimum Gasteiger partial charge on any atom is -0.467 e. The summed E-state index contributed by atoms with van der Waals surface area (Å²) in [7, 11) is 1.32. The normalized spacial score (nSPS) is 11.5. The fourth-order valence-electron chi connectivity index (χ4n) is 1.75. The van der Waals surface area contributed by atoms with E-state index in [-0.39, 0.29) is 5.91 Å². The van der Waals surface area contributed by atoms with Crippen molar-refractivity contribution in [2.24, 2.45) is 0 Å². The van der Waals surface area contributed by atoms with Crippen LogP contribution in [-0.2, 0) is 9.53 Å². The van der Waals surface area contributed by atoms with Crippen molar-refractivity contribution in [2.75, 3.05) is 13.7 Å². The van der Waals surface area contributed by atoms with Gasteiger partial charge in [-0.15, -0.1) is 6.58 Å². The van der Waals surface area contributed by atoms with Crippen molar-refractivity contribution in [2.45, 2.75) is 19.4 Å². The Morgan fingerprint density at radius 1 is 1.37 bits per heavy atom. The number of esters is 1. The van der Waals surface area contributed by atoms with Crippen LogP contribution in [-0.4, -0.2) is 36.5 Å². The largest absolute Gasteiger partial charge is 0.467 e. The van der Waals surface area contributed by atoms with Crippen molar-refractivity contribution >= 4 is 11.9 Å². The summed E-state index contributed by atoms with van der Waals surface area (Å²) in [5.74, 6) is -0.603. The molecule has 102 valence electrons. The Morgan fingerprint density at radius 2 is 2.00 bits per heavy atom.